The van der Waals surface area contributed by atoms with Gasteiger partial charge in [-0.25, -0.2) is 14.8 Å². The number of pyridine rings is 1. The number of hydrogen-bond donors (Lipinski definition) is 3. The first-order valence-electron chi connectivity index (χ1n) is 12.3. The highest BCUT2D eigenvalue weighted by molar-refractivity contribution is 5.82. The topological polar surface area (TPSA) is 131 Å². The summed E-state index contributed by atoms with van der Waals surface area (Å²) in [5.74, 6) is 6.07. The van der Waals surface area contributed by atoms with Gasteiger partial charge >= 0.3 is 6.09 Å². The molecule has 0 bridgehead atoms. The molecule has 2 amide bonds. The maximum atomic E-state index is 13.4. The average molecular weight is 530 g/mol. The van der Waals surface area contributed by atoms with Crippen LogP contribution in [0.3, 0.4) is 0 Å². The lowest BCUT2D eigenvalue weighted by atomic mass is 10.2. The molecule has 0 saturated carbocycles. The van der Waals surface area contributed by atoms with Gasteiger partial charge in [0.1, 0.15) is 18.0 Å². The summed E-state index contributed by atoms with van der Waals surface area (Å²) < 4.78 is 23.7. The van der Waals surface area contributed by atoms with Gasteiger partial charge in [0, 0.05) is 58.2 Å². The van der Waals surface area contributed by atoms with E-state index in [0.29, 0.717) is 49.6 Å². The lowest BCUT2D eigenvalue weighted by molar-refractivity contribution is -0.122. The second kappa shape index (κ2) is 15.3. The van der Waals surface area contributed by atoms with Gasteiger partial charge in [-0.05, 0) is 39.7 Å². The Bertz CT molecular complexity index is 1130. The molecule has 2 aromatic rings. The lowest BCUT2D eigenvalue weighted by Crippen LogP contribution is -2.41. The molecule has 0 fully saturated rings. The van der Waals surface area contributed by atoms with Crippen molar-refractivity contribution < 1.29 is 23.5 Å². The van der Waals surface area contributed by atoms with Crippen molar-refractivity contribution in [1.29, 1.82) is 0 Å². The monoisotopic (exact) mass is 529 g/mol. The van der Waals surface area contributed by atoms with E-state index in [1.54, 1.807) is 40.1 Å². The number of aromatic nitrogens is 3. The minimum Gasteiger partial charge on any atom is -0.444 e. The van der Waals surface area contributed by atoms with Crippen molar-refractivity contribution >= 4 is 29.5 Å². The van der Waals surface area contributed by atoms with E-state index in [9.17, 15) is 14.0 Å². The van der Waals surface area contributed by atoms with Crippen LogP contribution in [0, 0.1) is 17.8 Å². The summed E-state index contributed by atoms with van der Waals surface area (Å²) >= 11 is 0. The molecule has 0 saturated heterocycles. The summed E-state index contributed by atoms with van der Waals surface area (Å²) in [6.07, 6.45) is 4.31. The van der Waals surface area contributed by atoms with E-state index in [1.165, 1.54) is 24.2 Å². The van der Waals surface area contributed by atoms with Gasteiger partial charge in [0.05, 0.1) is 11.8 Å². The number of carbonyl (C=O) groups excluding carboxylic acids is 2. The zero-order valence-corrected chi connectivity index (χ0v) is 22.6. The number of rotatable bonds is 12. The summed E-state index contributed by atoms with van der Waals surface area (Å²) in [6, 6.07) is 2.86. The summed E-state index contributed by atoms with van der Waals surface area (Å²) in [4.78, 5) is 37.6. The van der Waals surface area contributed by atoms with Gasteiger partial charge in [-0.3, -0.25) is 4.79 Å². The predicted molar refractivity (Wildman–Crippen MR) is 142 cm³/mol. The summed E-state index contributed by atoms with van der Waals surface area (Å²) in [5.41, 5.74) is 0.457. The van der Waals surface area contributed by atoms with Crippen LogP contribution in [0.1, 0.15) is 45.6 Å². The van der Waals surface area contributed by atoms with Crippen molar-refractivity contribution in [3.8, 4) is 11.8 Å². The van der Waals surface area contributed by atoms with Crippen LogP contribution in [0.2, 0.25) is 0 Å². The molecule has 3 N–H and O–H groups in total. The van der Waals surface area contributed by atoms with Crippen molar-refractivity contribution in [2.75, 3.05) is 51.0 Å². The Kier molecular flexibility index (Phi) is 12.2. The molecule has 2 heterocycles. The Morgan fingerprint density at radius 2 is 1.97 bits per heavy atom. The van der Waals surface area contributed by atoms with Gasteiger partial charge in [0.2, 0.25) is 17.8 Å². The zero-order chi connectivity index (χ0) is 28.0. The normalized spacial score (nSPS) is 10.7. The van der Waals surface area contributed by atoms with Gasteiger partial charge < -0.3 is 30.3 Å². The van der Waals surface area contributed by atoms with Crippen LogP contribution in [-0.4, -0.2) is 77.9 Å². The minimum atomic E-state index is -0.624. The van der Waals surface area contributed by atoms with Crippen LogP contribution in [0.4, 0.5) is 26.6 Å². The Balaban J connectivity index is 1.89. The quantitative estimate of drug-likeness (QED) is 0.215. The van der Waals surface area contributed by atoms with E-state index in [0.717, 1.165) is 6.42 Å². The van der Waals surface area contributed by atoms with Gasteiger partial charge in [-0.15, -0.1) is 0 Å². The number of nitrogens with zero attached hydrogens (tertiary/aromatic N) is 4. The first-order valence-corrected chi connectivity index (χ1v) is 12.3. The highest BCUT2D eigenvalue weighted by Gasteiger charge is 2.20. The maximum Gasteiger partial charge on any atom is 0.410 e. The van der Waals surface area contributed by atoms with Crippen molar-refractivity contribution in [3.05, 3.63) is 36.0 Å². The van der Waals surface area contributed by atoms with E-state index in [4.69, 9.17) is 9.47 Å². The van der Waals surface area contributed by atoms with Gasteiger partial charge in [-0.2, -0.15) is 9.37 Å². The van der Waals surface area contributed by atoms with Crippen molar-refractivity contribution in [2.24, 2.45) is 0 Å². The minimum absolute atomic E-state index is 0.0947. The van der Waals surface area contributed by atoms with E-state index >= 15 is 0 Å². The molecular weight excluding hydrogens is 493 g/mol. The molecular formula is C26H36FN7O4. The highest BCUT2D eigenvalue weighted by Crippen LogP contribution is 2.17. The second-order valence-electron chi connectivity index (χ2n) is 9.31. The van der Waals surface area contributed by atoms with E-state index in [1.807, 2.05) is 0 Å². The van der Waals surface area contributed by atoms with Gasteiger partial charge in [0.25, 0.3) is 0 Å². The van der Waals surface area contributed by atoms with Crippen LogP contribution < -0.4 is 16.0 Å². The van der Waals surface area contributed by atoms with Crippen molar-refractivity contribution in [1.82, 2.24) is 25.2 Å². The molecule has 2 aromatic heterocycles. The van der Waals surface area contributed by atoms with Crippen LogP contribution in [0.25, 0.3) is 0 Å². The fourth-order valence-electron chi connectivity index (χ4n) is 2.94. The van der Waals surface area contributed by atoms with E-state index in [2.05, 4.69) is 42.7 Å². The molecule has 0 radical (unpaired) electrons. The fraction of sp³-hybridized carbons (Fsp3) is 0.500. The fourth-order valence-corrected chi connectivity index (χ4v) is 2.94. The maximum absolute atomic E-state index is 13.4. The third kappa shape index (κ3) is 11.8. The number of methoxy groups -OCH3 is 1. The Morgan fingerprint density at radius 1 is 1.18 bits per heavy atom. The molecule has 0 spiro atoms. The molecule has 12 heteroatoms. The van der Waals surface area contributed by atoms with Crippen LogP contribution in [0.5, 0.6) is 0 Å². The van der Waals surface area contributed by atoms with Gasteiger partial charge in [0.15, 0.2) is 0 Å². The Hall–Kier alpha value is -3.98. The number of anilines is 3. The molecule has 0 aromatic carbocycles. The van der Waals surface area contributed by atoms with Gasteiger partial charge in [-0.1, -0.05) is 11.8 Å². The predicted octanol–water partition coefficient (Wildman–Crippen LogP) is 3.32. The number of amides is 2. The largest absolute Gasteiger partial charge is 0.444 e. The number of ether oxygens (including phenoxy) is 2. The summed E-state index contributed by atoms with van der Waals surface area (Å²) in [6.45, 7) is 6.84. The van der Waals surface area contributed by atoms with E-state index < -0.39 is 17.6 Å². The summed E-state index contributed by atoms with van der Waals surface area (Å²) in [5, 5.41) is 8.96. The summed E-state index contributed by atoms with van der Waals surface area (Å²) in [7, 11) is 3.15. The number of unbranched alkanes of at least 4 members (excludes halogenated alkanes) is 1. The number of halogens is 1. The lowest BCUT2D eigenvalue weighted by Gasteiger charge is -2.24. The first-order chi connectivity index (χ1) is 18.1. The molecule has 206 valence electrons. The smallest absolute Gasteiger partial charge is 0.410 e. The molecule has 0 unspecified atom stereocenters. The number of likely N-dealkylation sites (N-methyl/N-ethyl adjacent to an activating group) is 1. The average Bonchev–Trinajstić information content (AvgIpc) is 2.84. The highest BCUT2D eigenvalue weighted by atomic mass is 19.1. The van der Waals surface area contributed by atoms with Crippen molar-refractivity contribution in [3.63, 3.8) is 0 Å². The third-order valence-corrected chi connectivity index (χ3v) is 4.70. The molecule has 0 atom stereocenters. The molecule has 11 nitrogen and oxygen atoms in total. The molecule has 0 aliphatic heterocycles. The Labute approximate surface area is 222 Å². The zero-order valence-electron chi connectivity index (χ0n) is 22.6. The molecule has 0 aliphatic carbocycles. The molecule has 2 rings (SSSR count). The SMILES string of the molecule is COCCCNc1nc(Nc2ccnc(F)c2)ncc1C#CCCCNC(=O)CN(C)C(=O)OC(C)(C)C. The number of nitrogens with one attached hydrogen (secondary N) is 3. The number of hydrogen-bond acceptors (Lipinski definition) is 9. The number of carbonyl (C=O) groups is 2. The molecule has 0 aliphatic rings. The van der Waals surface area contributed by atoms with Crippen LogP contribution in [0.15, 0.2) is 24.5 Å². The first kappa shape index (κ1) is 30.2. The standard InChI is InChI=1S/C26H36FN7O4/c1-26(2,3)38-25(36)34(4)18-22(35)29-12-8-6-7-10-19-17-31-24(32-20-11-14-28-21(27)16-20)33-23(19)30-13-9-15-37-5/h11,14,16-17H,6,8-9,12-13,15,18H2,1-5H3,(H,29,35)(H2,28,30,31,32,33). The second-order valence-corrected chi connectivity index (χ2v) is 9.31. The molecule has 38 heavy (non-hydrogen) atoms. The van der Waals surface area contributed by atoms with Crippen LogP contribution >= 0.6 is 0 Å². The van der Waals surface area contributed by atoms with Crippen LogP contribution in [-0.2, 0) is 14.3 Å². The Morgan fingerprint density at radius 3 is 2.68 bits per heavy atom. The van der Waals surface area contributed by atoms with Crippen molar-refractivity contribution in [2.45, 2.75) is 45.6 Å². The van der Waals surface area contributed by atoms with E-state index in [-0.39, 0.29) is 18.4 Å². The third-order valence-electron chi connectivity index (χ3n) is 4.70.